The number of amides is 2. The van der Waals surface area contributed by atoms with Gasteiger partial charge in [-0.1, -0.05) is 23.4 Å². The number of carbonyl (C=O) groups is 2. The van der Waals surface area contributed by atoms with E-state index in [4.69, 9.17) is 16.7 Å². The number of amidine groups is 1. The van der Waals surface area contributed by atoms with Crippen molar-refractivity contribution in [3.63, 3.8) is 0 Å². The number of aliphatic imine (C=N–C) groups is 1. The third kappa shape index (κ3) is 3.14. The van der Waals surface area contributed by atoms with Gasteiger partial charge in [-0.2, -0.15) is 4.99 Å². The fourth-order valence-electron chi connectivity index (χ4n) is 1.31. The minimum Gasteiger partial charge on any atom is -0.465 e. The zero-order valence-corrected chi connectivity index (χ0v) is 10.5. The van der Waals surface area contributed by atoms with Gasteiger partial charge in [-0.05, 0) is 18.2 Å². The van der Waals surface area contributed by atoms with Crippen molar-refractivity contribution in [2.45, 2.75) is 0 Å². The van der Waals surface area contributed by atoms with E-state index < -0.39 is 6.09 Å². The van der Waals surface area contributed by atoms with Crippen LogP contribution in [0.4, 0.5) is 16.2 Å². The first-order valence-corrected chi connectivity index (χ1v) is 6.22. The normalized spacial score (nSPS) is 14.3. The number of carbonyl (C=O) groups excluding carboxylic acids is 1. The lowest BCUT2D eigenvalue weighted by atomic mass is 10.3. The average Bonchev–Trinajstić information content (AvgIpc) is 2.68. The number of hydrogen-bond donors (Lipinski definition) is 3. The number of carboxylic acid groups (broad SMARTS) is 1. The summed E-state index contributed by atoms with van der Waals surface area (Å²) in [7, 11) is 0. The third-order valence-electron chi connectivity index (χ3n) is 2.02. The minimum absolute atomic E-state index is 0.210. The molecule has 0 radical (unpaired) electrons. The molecule has 8 heteroatoms. The second-order valence-corrected chi connectivity index (χ2v) is 4.72. The minimum atomic E-state index is -1.16. The Morgan fingerprint density at radius 3 is 2.89 bits per heavy atom. The van der Waals surface area contributed by atoms with Crippen molar-refractivity contribution in [1.82, 2.24) is 0 Å². The fraction of sp³-hybridized carbons (Fsp3) is 0.100. The van der Waals surface area contributed by atoms with Crippen molar-refractivity contribution in [2.75, 3.05) is 16.4 Å². The van der Waals surface area contributed by atoms with Crippen LogP contribution in [0.3, 0.4) is 0 Å². The topological polar surface area (TPSA) is 90.8 Å². The summed E-state index contributed by atoms with van der Waals surface area (Å²) in [5, 5.41) is 14.6. The molecule has 6 nitrogen and oxygen atoms in total. The Morgan fingerprint density at radius 1 is 1.50 bits per heavy atom. The van der Waals surface area contributed by atoms with Gasteiger partial charge in [0.1, 0.15) is 0 Å². The first-order valence-electron chi connectivity index (χ1n) is 4.85. The molecule has 1 aromatic rings. The summed E-state index contributed by atoms with van der Waals surface area (Å²) in [6.07, 6.45) is -1.16. The van der Waals surface area contributed by atoms with Crippen molar-refractivity contribution in [3.8, 4) is 0 Å². The van der Waals surface area contributed by atoms with Gasteiger partial charge in [0.2, 0.25) is 0 Å². The van der Waals surface area contributed by atoms with Crippen LogP contribution in [0.1, 0.15) is 0 Å². The van der Waals surface area contributed by atoms with Crippen molar-refractivity contribution >= 4 is 51.9 Å². The van der Waals surface area contributed by atoms with Gasteiger partial charge in [-0.25, -0.2) is 4.79 Å². The molecule has 0 saturated heterocycles. The van der Waals surface area contributed by atoms with Crippen LogP contribution < -0.4 is 10.6 Å². The fourth-order valence-corrected chi connectivity index (χ4v) is 2.15. The number of thioether (sulfide) groups is 1. The molecule has 1 aliphatic rings. The molecule has 18 heavy (non-hydrogen) atoms. The first kappa shape index (κ1) is 12.7. The monoisotopic (exact) mass is 285 g/mol. The second kappa shape index (κ2) is 5.28. The lowest BCUT2D eigenvalue weighted by Gasteiger charge is -2.09. The number of hydrogen-bond acceptors (Lipinski definition) is 4. The van der Waals surface area contributed by atoms with E-state index in [-0.39, 0.29) is 5.91 Å². The SMILES string of the molecule is O=C1CSC(Nc2cc(NC(=O)O)ccc2Cl)=N1. The molecule has 0 atom stereocenters. The Labute approximate surface area is 111 Å². The van der Waals surface area contributed by atoms with Gasteiger partial charge in [-0.3, -0.25) is 10.1 Å². The highest BCUT2D eigenvalue weighted by Crippen LogP contribution is 2.27. The molecule has 94 valence electrons. The van der Waals surface area contributed by atoms with Gasteiger partial charge in [0, 0.05) is 5.69 Å². The van der Waals surface area contributed by atoms with Gasteiger partial charge < -0.3 is 10.4 Å². The van der Waals surface area contributed by atoms with E-state index >= 15 is 0 Å². The summed E-state index contributed by atoms with van der Waals surface area (Å²) < 4.78 is 0. The summed E-state index contributed by atoms with van der Waals surface area (Å²) in [5.41, 5.74) is 0.869. The Bertz CT molecular complexity index is 547. The van der Waals surface area contributed by atoms with Crippen molar-refractivity contribution in [3.05, 3.63) is 23.2 Å². The van der Waals surface area contributed by atoms with Crippen molar-refractivity contribution in [1.29, 1.82) is 0 Å². The standard InChI is InChI=1S/C10H8ClN3O3S/c11-6-2-1-5(12-10(16)17)3-7(6)13-9-14-8(15)4-18-9/h1-3,12H,4H2,(H,16,17)(H,13,14,15). The molecule has 0 saturated carbocycles. The molecule has 1 aromatic carbocycles. The molecule has 3 N–H and O–H groups in total. The molecule has 2 rings (SSSR count). The van der Waals surface area contributed by atoms with Crippen LogP contribution in [0.5, 0.6) is 0 Å². The van der Waals surface area contributed by atoms with Gasteiger partial charge in [0.05, 0.1) is 16.5 Å². The van der Waals surface area contributed by atoms with E-state index in [0.29, 0.717) is 27.3 Å². The maximum atomic E-state index is 11.0. The summed E-state index contributed by atoms with van der Waals surface area (Å²) >= 11 is 7.23. The summed E-state index contributed by atoms with van der Waals surface area (Å²) in [6.45, 7) is 0. The van der Waals surface area contributed by atoms with Gasteiger partial charge in [-0.15, -0.1) is 0 Å². The number of rotatable bonds is 2. The lowest BCUT2D eigenvalue weighted by molar-refractivity contribution is -0.115. The summed E-state index contributed by atoms with van der Waals surface area (Å²) in [6, 6.07) is 4.62. The highest BCUT2D eigenvalue weighted by molar-refractivity contribution is 8.15. The van der Waals surface area contributed by atoms with Crippen LogP contribution in [-0.2, 0) is 4.79 Å². The predicted octanol–water partition coefficient (Wildman–Crippen LogP) is 2.47. The summed E-state index contributed by atoms with van der Waals surface area (Å²) in [5.74, 6) is 0.0889. The Hall–Kier alpha value is -1.73. The third-order valence-corrected chi connectivity index (χ3v) is 3.21. The maximum absolute atomic E-state index is 11.0. The van der Waals surface area contributed by atoms with Crippen molar-refractivity contribution in [2.24, 2.45) is 4.99 Å². The van der Waals surface area contributed by atoms with E-state index in [1.165, 1.54) is 23.9 Å². The molecule has 0 bridgehead atoms. The first-order chi connectivity index (χ1) is 8.54. The number of halogens is 1. The number of anilines is 2. The molecular formula is C10H8ClN3O3S. The van der Waals surface area contributed by atoms with Crippen LogP contribution >= 0.6 is 23.4 Å². The second-order valence-electron chi connectivity index (χ2n) is 3.35. The number of benzene rings is 1. The quantitative estimate of drug-likeness (QED) is 0.776. The molecule has 0 spiro atoms. The molecule has 2 amide bonds. The molecule has 0 fully saturated rings. The van der Waals surface area contributed by atoms with Crippen molar-refractivity contribution < 1.29 is 14.7 Å². The molecule has 1 aliphatic heterocycles. The van der Waals surface area contributed by atoms with E-state index in [0.717, 1.165) is 0 Å². The summed E-state index contributed by atoms with van der Waals surface area (Å²) in [4.78, 5) is 25.2. The Morgan fingerprint density at radius 2 is 2.28 bits per heavy atom. The van der Waals surface area contributed by atoms with Crippen LogP contribution in [0.15, 0.2) is 23.2 Å². The van der Waals surface area contributed by atoms with E-state index in [1.54, 1.807) is 6.07 Å². The highest BCUT2D eigenvalue weighted by atomic mass is 35.5. The zero-order chi connectivity index (χ0) is 13.1. The van der Waals surface area contributed by atoms with Crippen LogP contribution in [0, 0.1) is 0 Å². The van der Waals surface area contributed by atoms with E-state index in [1.807, 2.05) is 0 Å². The number of nitrogens with zero attached hydrogens (tertiary/aromatic N) is 1. The molecule has 0 unspecified atom stereocenters. The Balaban J connectivity index is 2.18. The largest absolute Gasteiger partial charge is 0.465 e. The van der Waals surface area contributed by atoms with Crippen LogP contribution in [-0.4, -0.2) is 28.0 Å². The highest BCUT2D eigenvalue weighted by Gasteiger charge is 2.16. The average molecular weight is 286 g/mol. The van der Waals surface area contributed by atoms with Gasteiger partial charge >= 0.3 is 6.09 Å². The Kier molecular flexibility index (Phi) is 3.73. The van der Waals surface area contributed by atoms with Gasteiger partial charge in [0.15, 0.2) is 5.17 Å². The number of nitrogens with one attached hydrogen (secondary N) is 2. The van der Waals surface area contributed by atoms with Crippen LogP contribution in [0.25, 0.3) is 0 Å². The smallest absolute Gasteiger partial charge is 0.409 e. The molecule has 0 aliphatic carbocycles. The molecule has 0 aromatic heterocycles. The molecule has 1 heterocycles. The van der Waals surface area contributed by atoms with Gasteiger partial charge in [0.25, 0.3) is 5.91 Å². The van der Waals surface area contributed by atoms with E-state index in [9.17, 15) is 9.59 Å². The van der Waals surface area contributed by atoms with E-state index in [2.05, 4.69) is 15.6 Å². The molecular weight excluding hydrogens is 278 g/mol. The predicted molar refractivity (Wildman–Crippen MR) is 71.6 cm³/mol. The zero-order valence-electron chi connectivity index (χ0n) is 8.94. The lowest BCUT2D eigenvalue weighted by Crippen LogP contribution is -2.09. The van der Waals surface area contributed by atoms with Crippen LogP contribution in [0.2, 0.25) is 5.02 Å². The maximum Gasteiger partial charge on any atom is 0.409 e.